The van der Waals surface area contributed by atoms with Crippen molar-refractivity contribution in [2.75, 3.05) is 46.4 Å². The molecule has 98 valence electrons. The van der Waals surface area contributed by atoms with Gasteiger partial charge in [0.2, 0.25) is 5.88 Å². The highest BCUT2D eigenvalue weighted by Crippen LogP contribution is 2.09. The number of nitrogens with two attached hydrogens (primary N) is 1. The van der Waals surface area contributed by atoms with E-state index in [1.165, 1.54) is 0 Å². The Morgan fingerprint density at radius 1 is 1.24 bits per heavy atom. The van der Waals surface area contributed by atoms with Crippen molar-refractivity contribution in [2.45, 2.75) is 0 Å². The summed E-state index contributed by atoms with van der Waals surface area (Å²) >= 11 is 0. The van der Waals surface area contributed by atoms with Gasteiger partial charge >= 0.3 is 0 Å². The van der Waals surface area contributed by atoms with Gasteiger partial charge in [-0.3, -0.25) is 0 Å². The van der Waals surface area contributed by atoms with E-state index in [4.69, 9.17) is 20.3 Å². The highest BCUT2D eigenvalue weighted by Gasteiger charge is 1.94. The van der Waals surface area contributed by atoms with Gasteiger partial charge in [0.1, 0.15) is 6.61 Å². The van der Waals surface area contributed by atoms with Crippen LogP contribution < -0.4 is 10.5 Å². The number of aliphatic hydroxyl groups excluding tert-OH is 1. The first kappa shape index (κ1) is 15.6. The van der Waals surface area contributed by atoms with Crippen LogP contribution in [0.1, 0.15) is 0 Å². The van der Waals surface area contributed by atoms with Gasteiger partial charge < -0.3 is 25.1 Å². The largest absolute Gasteiger partial charge is 0.475 e. The number of ether oxygens (including phenoxy) is 3. The molecule has 1 rings (SSSR count). The van der Waals surface area contributed by atoms with Crippen LogP contribution in [0.4, 0.5) is 5.69 Å². The highest BCUT2D eigenvalue weighted by atomic mass is 16.5. The van der Waals surface area contributed by atoms with Crippen LogP contribution in [0.3, 0.4) is 0 Å². The average molecular weight is 244 g/mol. The molecule has 0 fully saturated rings. The van der Waals surface area contributed by atoms with E-state index in [1.54, 1.807) is 32.5 Å². The van der Waals surface area contributed by atoms with E-state index < -0.39 is 0 Å². The topological polar surface area (TPSA) is 86.8 Å². The van der Waals surface area contributed by atoms with Crippen LogP contribution in [0.25, 0.3) is 0 Å². The Balaban J connectivity index is 0.000000437. The van der Waals surface area contributed by atoms with Gasteiger partial charge in [0.15, 0.2) is 0 Å². The monoisotopic (exact) mass is 244 g/mol. The van der Waals surface area contributed by atoms with Gasteiger partial charge in [0.25, 0.3) is 0 Å². The normalized spacial score (nSPS) is 9.35. The molecule has 0 unspecified atom stereocenters. The summed E-state index contributed by atoms with van der Waals surface area (Å²) in [6.07, 6.45) is 1.61. The summed E-state index contributed by atoms with van der Waals surface area (Å²) in [7, 11) is 3.17. The third-order valence-corrected chi connectivity index (χ3v) is 1.59. The molecule has 0 aromatic carbocycles. The maximum absolute atomic E-state index is 7.94. The summed E-state index contributed by atoms with van der Waals surface area (Å²) in [5, 5.41) is 7.94. The SMILES string of the molecule is COCCO.COCCOc1cc(N)ccn1. The molecule has 0 aliphatic rings. The number of aromatic nitrogens is 1. The molecule has 0 saturated heterocycles. The van der Waals surface area contributed by atoms with Crippen molar-refractivity contribution < 1.29 is 19.3 Å². The van der Waals surface area contributed by atoms with Gasteiger partial charge in [-0.1, -0.05) is 0 Å². The summed E-state index contributed by atoms with van der Waals surface area (Å²) in [4.78, 5) is 3.95. The zero-order valence-electron chi connectivity index (χ0n) is 10.3. The van der Waals surface area contributed by atoms with E-state index in [2.05, 4.69) is 9.72 Å². The second kappa shape index (κ2) is 11.1. The van der Waals surface area contributed by atoms with Crippen molar-refractivity contribution in [1.82, 2.24) is 4.98 Å². The molecule has 0 amide bonds. The van der Waals surface area contributed by atoms with Crippen molar-refractivity contribution in [1.29, 1.82) is 0 Å². The van der Waals surface area contributed by atoms with Crippen LogP contribution in [0, 0.1) is 0 Å². The molecule has 6 heteroatoms. The number of hydrogen-bond acceptors (Lipinski definition) is 6. The zero-order chi connectivity index (χ0) is 12.9. The number of aliphatic hydroxyl groups is 1. The molecule has 0 radical (unpaired) electrons. The molecule has 0 saturated carbocycles. The fourth-order valence-corrected chi connectivity index (χ4v) is 0.825. The molecule has 0 atom stereocenters. The van der Waals surface area contributed by atoms with Crippen molar-refractivity contribution in [3.63, 3.8) is 0 Å². The number of rotatable bonds is 6. The molecule has 0 aliphatic heterocycles. The predicted octanol–water partition coefficient (Wildman–Crippen LogP) is 0.314. The van der Waals surface area contributed by atoms with Crippen LogP contribution in [0.2, 0.25) is 0 Å². The Labute approximate surface area is 101 Å². The lowest BCUT2D eigenvalue weighted by Crippen LogP contribution is -2.05. The van der Waals surface area contributed by atoms with Crippen LogP contribution in [-0.2, 0) is 9.47 Å². The minimum absolute atomic E-state index is 0.122. The van der Waals surface area contributed by atoms with E-state index in [0.29, 0.717) is 31.4 Å². The molecule has 6 nitrogen and oxygen atoms in total. The summed E-state index contributed by atoms with van der Waals surface area (Å²) in [6, 6.07) is 3.39. The van der Waals surface area contributed by atoms with E-state index in [0.717, 1.165) is 0 Å². The van der Waals surface area contributed by atoms with E-state index in [1.807, 2.05) is 0 Å². The first-order valence-electron chi connectivity index (χ1n) is 5.17. The van der Waals surface area contributed by atoms with E-state index in [9.17, 15) is 0 Å². The Bertz CT molecular complexity index is 282. The smallest absolute Gasteiger partial charge is 0.215 e. The summed E-state index contributed by atoms with van der Waals surface area (Å²) < 4.78 is 14.5. The van der Waals surface area contributed by atoms with Crippen LogP contribution in [0.15, 0.2) is 18.3 Å². The van der Waals surface area contributed by atoms with Crippen LogP contribution in [-0.4, -0.2) is 50.7 Å². The van der Waals surface area contributed by atoms with Crippen molar-refractivity contribution >= 4 is 5.69 Å². The lowest BCUT2D eigenvalue weighted by molar-refractivity contribution is 0.135. The molecule has 0 bridgehead atoms. The highest BCUT2D eigenvalue weighted by molar-refractivity contribution is 5.39. The minimum atomic E-state index is 0.122. The van der Waals surface area contributed by atoms with Crippen molar-refractivity contribution in [2.24, 2.45) is 0 Å². The predicted molar refractivity (Wildman–Crippen MR) is 65.0 cm³/mol. The zero-order valence-corrected chi connectivity index (χ0v) is 10.3. The fraction of sp³-hybridized carbons (Fsp3) is 0.545. The number of nitrogens with zero attached hydrogens (tertiary/aromatic N) is 1. The maximum Gasteiger partial charge on any atom is 0.215 e. The van der Waals surface area contributed by atoms with Gasteiger partial charge in [-0.2, -0.15) is 0 Å². The van der Waals surface area contributed by atoms with Crippen molar-refractivity contribution in [3.05, 3.63) is 18.3 Å². The molecule has 0 aliphatic carbocycles. The summed E-state index contributed by atoms with van der Waals surface area (Å²) in [5.41, 5.74) is 6.16. The summed E-state index contributed by atoms with van der Waals surface area (Å²) in [6.45, 7) is 1.61. The molecule has 3 N–H and O–H groups in total. The van der Waals surface area contributed by atoms with E-state index in [-0.39, 0.29) is 6.61 Å². The molecular weight excluding hydrogens is 224 g/mol. The number of anilines is 1. The lowest BCUT2D eigenvalue weighted by atomic mass is 10.4. The van der Waals surface area contributed by atoms with E-state index >= 15 is 0 Å². The Morgan fingerprint density at radius 3 is 2.41 bits per heavy atom. The Hall–Kier alpha value is -1.37. The average Bonchev–Trinajstić information content (AvgIpc) is 2.31. The number of hydrogen-bond donors (Lipinski definition) is 2. The molecular formula is C11H20N2O4. The number of nitrogen functional groups attached to an aromatic ring is 1. The first-order valence-corrected chi connectivity index (χ1v) is 5.17. The van der Waals surface area contributed by atoms with Gasteiger partial charge in [-0.25, -0.2) is 4.98 Å². The first-order chi connectivity index (χ1) is 8.24. The van der Waals surface area contributed by atoms with Crippen LogP contribution in [0.5, 0.6) is 5.88 Å². The molecule has 1 heterocycles. The standard InChI is InChI=1S/C8H12N2O2.C3H8O2/c1-11-4-5-12-8-6-7(9)2-3-10-8;1-5-3-2-4/h2-3,6H,4-5H2,1H3,(H2,9,10);4H,2-3H2,1H3. The third-order valence-electron chi connectivity index (χ3n) is 1.59. The Kier molecular flexibility index (Phi) is 10.2. The third kappa shape index (κ3) is 9.55. The Morgan fingerprint density at radius 2 is 1.94 bits per heavy atom. The number of methoxy groups -OCH3 is 2. The molecule has 0 spiro atoms. The van der Waals surface area contributed by atoms with Gasteiger partial charge in [-0.05, 0) is 6.07 Å². The lowest BCUT2D eigenvalue weighted by Gasteiger charge is -2.03. The second-order valence-corrected chi connectivity index (χ2v) is 2.99. The van der Waals surface area contributed by atoms with Gasteiger partial charge in [0.05, 0.1) is 19.8 Å². The quantitative estimate of drug-likeness (QED) is 0.700. The van der Waals surface area contributed by atoms with Crippen LogP contribution >= 0.6 is 0 Å². The van der Waals surface area contributed by atoms with Gasteiger partial charge in [-0.15, -0.1) is 0 Å². The molecule has 1 aromatic heterocycles. The fourth-order valence-electron chi connectivity index (χ4n) is 0.825. The maximum atomic E-state index is 7.94. The van der Waals surface area contributed by atoms with Crippen molar-refractivity contribution in [3.8, 4) is 5.88 Å². The summed E-state index contributed by atoms with van der Waals surface area (Å²) in [5.74, 6) is 0.534. The minimum Gasteiger partial charge on any atom is -0.475 e. The number of pyridine rings is 1. The second-order valence-electron chi connectivity index (χ2n) is 2.99. The molecule has 1 aromatic rings. The molecule has 17 heavy (non-hydrogen) atoms. The van der Waals surface area contributed by atoms with Gasteiger partial charge in [0, 0.05) is 32.2 Å².